The van der Waals surface area contributed by atoms with Crippen LogP contribution in [0.2, 0.25) is 0 Å². The molecule has 0 aliphatic rings. The van der Waals surface area contributed by atoms with E-state index in [4.69, 9.17) is 0 Å². The number of pyridine rings is 1. The van der Waals surface area contributed by atoms with Crippen LogP contribution in [0.3, 0.4) is 0 Å². The van der Waals surface area contributed by atoms with Crippen molar-refractivity contribution in [2.45, 2.75) is 18.4 Å². The van der Waals surface area contributed by atoms with Crippen LogP contribution in [0.25, 0.3) is 10.8 Å². The molecule has 0 aliphatic heterocycles. The maximum absolute atomic E-state index is 13.0. The van der Waals surface area contributed by atoms with Gasteiger partial charge in [0, 0.05) is 25.5 Å². The molecule has 7 heteroatoms. The number of hydrogen-bond donors (Lipinski definition) is 1. The Labute approximate surface area is 158 Å². The Balaban J connectivity index is 1.73. The van der Waals surface area contributed by atoms with Crippen molar-refractivity contribution in [1.82, 2.24) is 14.6 Å². The van der Waals surface area contributed by atoms with Gasteiger partial charge in [-0.05, 0) is 34.5 Å². The molecule has 1 aromatic heterocycles. The number of likely N-dealkylation sites (N-methyl/N-ethyl adjacent to an activating group) is 1. The second-order valence-corrected chi connectivity index (χ2v) is 8.02. The van der Waals surface area contributed by atoms with E-state index in [-0.39, 0.29) is 23.9 Å². The molecule has 0 saturated heterocycles. The van der Waals surface area contributed by atoms with Crippen molar-refractivity contribution < 1.29 is 13.2 Å². The lowest BCUT2D eigenvalue weighted by atomic mass is 10.1. The van der Waals surface area contributed by atoms with Gasteiger partial charge in [-0.2, -0.15) is 4.31 Å². The number of carbonyl (C=O) groups is 1. The summed E-state index contributed by atoms with van der Waals surface area (Å²) in [7, 11) is -3.76. The zero-order valence-electron chi connectivity index (χ0n) is 15.0. The molecule has 1 N–H and O–H groups in total. The van der Waals surface area contributed by atoms with E-state index in [9.17, 15) is 13.2 Å². The molecule has 1 heterocycles. The maximum atomic E-state index is 13.0. The van der Waals surface area contributed by atoms with Crippen molar-refractivity contribution in [3.05, 3.63) is 72.6 Å². The number of rotatable bonds is 7. The first kappa shape index (κ1) is 19.0. The van der Waals surface area contributed by atoms with Crippen molar-refractivity contribution in [3.8, 4) is 0 Å². The number of nitrogens with zero attached hydrogens (tertiary/aromatic N) is 2. The second kappa shape index (κ2) is 8.28. The van der Waals surface area contributed by atoms with Crippen LogP contribution in [-0.2, 0) is 21.4 Å². The van der Waals surface area contributed by atoms with Crippen LogP contribution in [0.4, 0.5) is 0 Å². The van der Waals surface area contributed by atoms with Crippen LogP contribution in [0.15, 0.2) is 71.9 Å². The molecule has 0 aliphatic carbocycles. The maximum Gasteiger partial charge on any atom is 0.243 e. The highest BCUT2D eigenvalue weighted by atomic mass is 32.2. The van der Waals surface area contributed by atoms with E-state index in [1.807, 2.05) is 30.3 Å². The number of fused-ring (bicyclic) bond motifs is 1. The van der Waals surface area contributed by atoms with E-state index in [1.54, 1.807) is 43.6 Å². The average Bonchev–Trinajstić information content (AvgIpc) is 2.70. The number of sulfonamides is 1. The van der Waals surface area contributed by atoms with Gasteiger partial charge in [-0.1, -0.05) is 43.3 Å². The van der Waals surface area contributed by atoms with Crippen molar-refractivity contribution in [1.29, 1.82) is 0 Å². The summed E-state index contributed by atoms with van der Waals surface area (Å²) < 4.78 is 27.1. The fraction of sp³-hybridized carbons (Fsp3) is 0.200. The van der Waals surface area contributed by atoms with Crippen molar-refractivity contribution in [2.24, 2.45) is 0 Å². The number of benzene rings is 2. The van der Waals surface area contributed by atoms with Gasteiger partial charge in [0.05, 0.1) is 11.4 Å². The summed E-state index contributed by atoms with van der Waals surface area (Å²) in [4.78, 5) is 16.4. The van der Waals surface area contributed by atoms with E-state index in [0.717, 1.165) is 16.3 Å². The van der Waals surface area contributed by atoms with E-state index >= 15 is 0 Å². The topological polar surface area (TPSA) is 79.4 Å². The highest BCUT2D eigenvalue weighted by Gasteiger charge is 2.25. The van der Waals surface area contributed by atoms with E-state index in [0.29, 0.717) is 6.54 Å². The molecule has 0 fully saturated rings. The lowest BCUT2D eigenvalue weighted by Gasteiger charge is -2.20. The van der Waals surface area contributed by atoms with Gasteiger partial charge in [-0.15, -0.1) is 0 Å². The summed E-state index contributed by atoms with van der Waals surface area (Å²) in [6, 6.07) is 16.2. The van der Waals surface area contributed by atoms with Crippen LogP contribution in [0.1, 0.15) is 12.5 Å². The fourth-order valence-electron chi connectivity index (χ4n) is 2.76. The zero-order valence-corrected chi connectivity index (χ0v) is 15.8. The number of aromatic nitrogens is 1. The molecular weight excluding hydrogens is 362 g/mol. The Morgan fingerprint density at radius 2 is 1.85 bits per heavy atom. The fourth-order valence-corrected chi connectivity index (χ4v) is 4.20. The Hall–Kier alpha value is -2.77. The summed E-state index contributed by atoms with van der Waals surface area (Å²) in [5.41, 5.74) is 0.853. The first-order chi connectivity index (χ1) is 13.0. The summed E-state index contributed by atoms with van der Waals surface area (Å²) in [5.74, 6) is -0.356. The van der Waals surface area contributed by atoms with Gasteiger partial charge in [0.25, 0.3) is 0 Å². The van der Waals surface area contributed by atoms with Gasteiger partial charge < -0.3 is 5.32 Å². The molecule has 0 bridgehead atoms. The number of amides is 1. The Morgan fingerprint density at radius 3 is 2.56 bits per heavy atom. The van der Waals surface area contributed by atoms with E-state index < -0.39 is 10.0 Å². The van der Waals surface area contributed by atoms with Gasteiger partial charge in [0.15, 0.2) is 0 Å². The molecule has 27 heavy (non-hydrogen) atoms. The lowest BCUT2D eigenvalue weighted by molar-refractivity contribution is -0.121. The van der Waals surface area contributed by atoms with Crippen LogP contribution in [0.5, 0.6) is 0 Å². The summed E-state index contributed by atoms with van der Waals surface area (Å²) >= 11 is 0. The predicted octanol–water partition coefficient (Wildman–Crippen LogP) is 2.56. The molecule has 6 nitrogen and oxygen atoms in total. The highest BCUT2D eigenvalue weighted by Crippen LogP contribution is 2.21. The zero-order chi connectivity index (χ0) is 19.3. The first-order valence-electron chi connectivity index (χ1n) is 8.65. The molecule has 0 radical (unpaired) electrons. The molecule has 0 spiro atoms. The predicted molar refractivity (Wildman–Crippen MR) is 104 cm³/mol. The smallest absolute Gasteiger partial charge is 0.243 e. The standard InChI is InChI=1S/C20H21N3O3S/c1-2-23(15-20(24)22-14-16-6-5-11-21-13-16)27(25,26)19-10-9-17-7-3-4-8-18(17)12-19/h3-13H,2,14-15H2,1H3,(H,22,24). The third kappa shape index (κ3) is 4.50. The SMILES string of the molecule is CCN(CC(=O)NCc1cccnc1)S(=O)(=O)c1ccc2ccccc2c1. The van der Waals surface area contributed by atoms with Crippen LogP contribution in [0, 0.1) is 0 Å². The van der Waals surface area contributed by atoms with E-state index in [1.165, 1.54) is 4.31 Å². The van der Waals surface area contributed by atoms with Crippen molar-refractivity contribution >= 4 is 26.7 Å². The largest absolute Gasteiger partial charge is 0.351 e. The number of carbonyl (C=O) groups excluding carboxylic acids is 1. The molecule has 1 amide bonds. The molecular formula is C20H21N3O3S. The summed E-state index contributed by atoms with van der Waals surface area (Å²) in [5, 5.41) is 4.54. The first-order valence-corrected chi connectivity index (χ1v) is 10.1. The minimum atomic E-state index is -3.76. The van der Waals surface area contributed by atoms with Gasteiger partial charge >= 0.3 is 0 Å². The molecule has 2 aromatic carbocycles. The van der Waals surface area contributed by atoms with Gasteiger partial charge in [0.1, 0.15) is 0 Å². The Kier molecular flexibility index (Phi) is 5.83. The van der Waals surface area contributed by atoms with Crippen molar-refractivity contribution in [3.63, 3.8) is 0 Å². The van der Waals surface area contributed by atoms with E-state index in [2.05, 4.69) is 10.3 Å². The average molecular weight is 383 g/mol. The monoisotopic (exact) mass is 383 g/mol. The summed E-state index contributed by atoms with van der Waals surface area (Å²) in [6.07, 6.45) is 3.31. The molecule has 140 valence electrons. The summed E-state index contributed by atoms with van der Waals surface area (Å²) in [6.45, 7) is 1.99. The minimum absolute atomic E-state index is 0.183. The van der Waals surface area contributed by atoms with Gasteiger partial charge in [-0.25, -0.2) is 8.42 Å². The Morgan fingerprint density at radius 1 is 1.07 bits per heavy atom. The third-order valence-electron chi connectivity index (χ3n) is 4.24. The van der Waals surface area contributed by atoms with Gasteiger partial charge in [0.2, 0.25) is 15.9 Å². The third-order valence-corrected chi connectivity index (χ3v) is 6.16. The van der Waals surface area contributed by atoms with Gasteiger partial charge in [-0.3, -0.25) is 9.78 Å². The molecule has 0 saturated carbocycles. The second-order valence-electron chi connectivity index (χ2n) is 6.08. The molecule has 0 atom stereocenters. The quantitative estimate of drug-likeness (QED) is 0.680. The lowest BCUT2D eigenvalue weighted by Crippen LogP contribution is -2.40. The van der Waals surface area contributed by atoms with Crippen molar-refractivity contribution in [2.75, 3.05) is 13.1 Å². The van der Waals surface area contributed by atoms with Crippen LogP contribution < -0.4 is 5.32 Å². The molecule has 3 rings (SSSR count). The van der Waals surface area contributed by atoms with Crippen LogP contribution in [-0.4, -0.2) is 36.7 Å². The molecule has 3 aromatic rings. The number of hydrogen-bond acceptors (Lipinski definition) is 4. The van der Waals surface area contributed by atoms with Crippen LogP contribution >= 0.6 is 0 Å². The normalized spacial score (nSPS) is 11.6. The highest BCUT2D eigenvalue weighted by molar-refractivity contribution is 7.89. The number of nitrogens with one attached hydrogen (secondary N) is 1. The molecule has 0 unspecified atom stereocenters. The Bertz CT molecular complexity index is 1040. The minimum Gasteiger partial charge on any atom is -0.351 e.